The minimum absolute atomic E-state index is 0.0340. The zero-order valence-corrected chi connectivity index (χ0v) is 20.4. The minimum Gasteiger partial charge on any atom is -0.392 e. The summed E-state index contributed by atoms with van der Waals surface area (Å²) in [5.74, 6) is 0. The van der Waals surface area contributed by atoms with Crippen LogP contribution in [0.3, 0.4) is 0 Å². The molecule has 1 aliphatic heterocycles. The van der Waals surface area contributed by atoms with E-state index < -0.39 is 28.9 Å². The number of benzene rings is 3. The van der Waals surface area contributed by atoms with Gasteiger partial charge in [-0.25, -0.2) is 4.79 Å². The molecular formula is C27H24ClF3N4O2. The van der Waals surface area contributed by atoms with Crippen molar-refractivity contribution < 1.29 is 23.1 Å². The topological polar surface area (TPSA) is 79.6 Å². The molecule has 0 unspecified atom stereocenters. The van der Waals surface area contributed by atoms with Crippen LogP contribution in [-0.4, -0.2) is 48.3 Å². The number of hydrogen-bond acceptors (Lipinski definition) is 4. The van der Waals surface area contributed by atoms with Gasteiger partial charge in [0.2, 0.25) is 0 Å². The molecule has 0 aromatic heterocycles. The van der Waals surface area contributed by atoms with E-state index in [4.69, 9.17) is 16.9 Å². The van der Waals surface area contributed by atoms with Gasteiger partial charge in [-0.1, -0.05) is 35.9 Å². The van der Waals surface area contributed by atoms with Crippen LogP contribution in [0.2, 0.25) is 5.02 Å². The van der Waals surface area contributed by atoms with Crippen molar-refractivity contribution in [2.75, 3.05) is 36.4 Å². The molecule has 1 heterocycles. The number of alkyl halides is 3. The summed E-state index contributed by atoms with van der Waals surface area (Å²) in [7, 11) is 0. The van der Waals surface area contributed by atoms with E-state index in [0.717, 1.165) is 23.3 Å². The highest BCUT2D eigenvalue weighted by Gasteiger charge is 2.33. The summed E-state index contributed by atoms with van der Waals surface area (Å²) in [6.07, 6.45) is -4.43. The fourth-order valence-electron chi connectivity index (χ4n) is 4.22. The number of urea groups is 1. The number of hydrogen-bond donors (Lipinski definition) is 2. The van der Waals surface area contributed by atoms with E-state index in [9.17, 15) is 23.1 Å². The van der Waals surface area contributed by atoms with Crippen molar-refractivity contribution in [1.82, 2.24) is 4.90 Å². The van der Waals surface area contributed by atoms with Crippen LogP contribution < -0.4 is 10.2 Å². The first-order valence-electron chi connectivity index (χ1n) is 11.6. The highest BCUT2D eigenvalue weighted by Crippen LogP contribution is 2.36. The van der Waals surface area contributed by atoms with Gasteiger partial charge >= 0.3 is 12.2 Å². The van der Waals surface area contributed by atoms with Gasteiger partial charge in [-0.2, -0.15) is 18.4 Å². The summed E-state index contributed by atoms with van der Waals surface area (Å²) in [5, 5.41) is 21.1. The number of nitriles is 1. The summed E-state index contributed by atoms with van der Waals surface area (Å²) in [6.45, 7) is 1.92. The van der Waals surface area contributed by atoms with E-state index in [1.54, 1.807) is 30.3 Å². The Balaban J connectivity index is 1.58. The molecule has 0 bridgehead atoms. The van der Waals surface area contributed by atoms with Gasteiger partial charge in [0.15, 0.2) is 0 Å². The number of nitrogens with one attached hydrogen (secondary N) is 1. The van der Waals surface area contributed by atoms with Crippen LogP contribution in [-0.2, 0) is 6.18 Å². The second-order valence-electron chi connectivity index (χ2n) is 8.76. The molecule has 37 heavy (non-hydrogen) atoms. The third-order valence-corrected chi connectivity index (χ3v) is 6.49. The number of nitrogens with zero attached hydrogens (tertiary/aromatic N) is 3. The minimum atomic E-state index is -4.66. The first-order chi connectivity index (χ1) is 17.6. The van der Waals surface area contributed by atoms with Crippen LogP contribution in [0.4, 0.5) is 29.3 Å². The Labute approximate surface area is 217 Å². The molecule has 0 radical (unpaired) electrons. The highest BCUT2D eigenvalue weighted by molar-refractivity contribution is 6.31. The number of aliphatic hydroxyl groups excluding tert-OH is 1. The largest absolute Gasteiger partial charge is 0.417 e. The maximum Gasteiger partial charge on any atom is 0.417 e. The van der Waals surface area contributed by atoms with E-state index in [1.165, 1.54) is 11.0 Å². The Kier molecular flexibility index (Phi) is 8.03. The molecule has 1 saturated heterocycles. The first-order valence-corrected chi connectivity index (χ1v) is 12.0. The van der Waals surface area contributed by atoms with Crippen molar-refractivity contribution in [2.24, 2.45) is 0 Å². The van der Waals surface area contributed by atoms with E-state index in [0.29, 0.717) is 37.3 Å². The first kappa shape index (κ1) is 26.5. The van der Waals surface area contributed by atoms with E-state index in [-0.39, 0.29) is 12.2 Å². The molecule has 3 aromatic carbocycles. The quantitative estimate of drug-likeness (QED) is 0.411. The number of carbonyl (C=O) groups excluding carboxylic acids is 1. The molecule has 0 saturated carbocycles. The zero-order chi connectivity index (χ0) is 26.6. The fraction of sp³-hybridized carbons (Fsp3) is 0.259. The van der Waals surface area contributed by atoms with Gasteiger partial charge in [-0.15, -0.1) is 0 Å². The number of β-amino-alcohol motifs (C(OH)–C–C–N with tert-alkyl or cyclic N) is 1. The summed E-state index contributed by atoms with van der Waals surface area (Å²) < 4.78 is 39.9. The molecule has 4 rings (SSSR count). The van der Waals surface area contributed by atoms with Crippen LogP contribution in [0.1, 0.15) is 17.5 Å². The molecule has 6 nitrogen and oxygen atoms in total. The highest BCUT2D eigenvalue weighted by atomic mass is 35.5. The number of aliphatic hydroxyl groups is 1. The average molecular weight is 529 g/mol. The van der Waals surface area contributed by atoms with E-state index in [1.807, 2.05) is 23.1 Å². The summed E-state index contributed by atoms with van der Waals surface area (Å²) in [5.41, 5.74) is 1.69. The molecule has 2 N–H and O–H groups in total. The predicted octanol–water partition coefficient (Wildman–Crippen LogP) is 6.00. The Hall–Kier alpha value is -3.58. The molecule has 10 heteroatoms. The lowest BCUT2D eigenvalue weighted by Gasteiger charge is -2.26. The normalized spacial score (nSPS) is 15.8. The number of rotatable bonds is 6. The van der Waals surface area contributed by atoms with Gasteiger partial charge in [0, 0.05) is 37.6 Å². The number of carbonyl (C=O) groups is 1. The van der Waals surface area contributed by atoms with Gasteiger partial charge in [0.05, 0.1) is 28.3 Å². The Bertz CT molecular complexity index is 1310. The molecule has 1 atom stereocenters. The third kappa shape index (κ3) is 6.60. The summed E-state index contributed by atoms with van der Waals surface area (Å²) in [4.78, 5) is 16.7. The SMILES string of the molecule is N#Cc1cccc(-c2ccc(N(CCN3CC[C@@H](O)C3)C(=O)Nc3ccc(Cl)c(C(F)(F)F)c3)cc2)c1. The number of likely N-dealkylation sites (tertiary alicyclic amines) is 1. The molecule has 192 valence electrons. The van der Waals surface area contributed by atoms with Gasteiger partial charge in [0.1, 0.15) is 0 Å². The van der Waals surface area contributed by atoms with Crippen LogP contribution in [0.15, 0.2) is 66.7 Å². The number of halogens is 4. The van der Waals surface area contributed by atoms with Crippen molar-refractivity contribution in [1.29, 1.82) is 5.26 Å². The summed E-state index contributed by atoms with van der Waals surface area (Å²) >= 11 is 5.71. The predicted molar refractivity (Wildman–Crippen MR) is 136 cm³/mol. The standard InChI is InChI=1S/C27H24ClF3N4O2/c28-25-9-6-21(15-24(25)27(29,30)31)33-26(37)35(13-12-34-11-10-23(36)17-34)22-7-4-19(5-8-22)20-3-1-2-18(14-20)16-32/h1-9,14-15,23,36H,10-13,17H2,(H,33,37)/t23-/m1/s1. The molecule has 1 fully saturated rings. The lowest BCUT2D eigenvalue weighted by atomic mass is 10.0. The number of anilines is 2. The van der Waals surface area contributed by atoms with Gasteiger partial charge in [0.25, 0.3) is 0 Å². The van der Waals surface area contributed by atoms with E-state index in [2.05, 4.69) is 11.4 Å². The molecule has 0 spiro atoms. The Morgan fingerprint density at radius 1 is 1.14 bits per heavy atom. The second kappa shape index (κ2) is 11.2. The maximum atomic E-state index is 13.3. The van der Waals surface area contributed by atoms with Gasteiger partial charge in [-0.05, 0) is 60.0 Å². The van der Waals surface area contributed by atoms with Crippen molar-refractivity contribution in [2.45, 2.75) is 18.7 Å². The van der Waals surface area contributed by atoms with Crippen LogP contribution in [0.25, 0.3) is 11.1 Å². The van der Waals surface area contributed by atoms with E-state index >= 15 is 0 Å². The molecular weight excluding hydrogens is 505 g/mol. The van der Waals surface area contributed by atoms with Crippen LogP contribution in [0, 0.1) is 11.3 Å². The van der Waals surface area contributed by atoms with Crippen molar-refractivity contribution in [3.63, 3.8) is 0 Å². The Morgan fingerprint density at radius 3 is 2.54 bits per heavy atom. The molecule has 1 aliphatic rings. The van der Waals surface area contributed by atoms with Crippen molar-refractivity contribution >= 4 is 29.0 Å². The second-order valence-corrected chi connectivity index (χ2v) is 9.16. The van der Waals surface area contributed by atoms with Crippen molar-refractivity contribution in [3.8, 4) is 17.2 Å². The monoisotopic (exact) mass is 528 g/mol. The lowest BCUT2D eigenvalue weighted by Crippen LogP contribution is -2.40. The molecule has 0 aliphatic carbocycles. The smallest absolute Gasteiger partial charge is 0.392 e. The molecule has 3 aromatic rings. The number of amides is 2. The maximum absolute atomic E-state index is 13.3. The fourth-order valence-corrected chi connectivity index (χ4v) is 4.44. The average Bonchev–Trinajstić information content (AvgIpc) is 3.30. The van der Waals surface area contributed by atoms with Gasteiger partial charge < -0.3 is 10.4 Å². The van der Waals surface area contributed by atoms with Crippen LogP contribution >= 0.6 is 11.6 Å². The summed E-state index contributed by atoms with van der Waals surface area (Å²) in [6, 6.07) is 19.0. The third-order valence-electron chi connectivity index (χ3n) is 6.16. The van der Waals surface area contributed by atoms with Crippen LogP contribution in [0.5, 0.6) is 0 Å². The van der Waals surface area contributed by atoms with Gasteiger partial charge in [-0.3, -0.25) is 9.80 Å². The lowest BCUT2D eigenvalue weighted by molar-refractivity contribution is -0.137. The Morgan fingerprint density at radius 2 is 1.89 bits per heavy atom. The molecule has 2 amide bonds. The van der Waals surface area contributed by atoms with Crippen molar-refractivity contribution in [3.05, 3.63) is 82.9 Å². The zero-order valence-electron chi connectivity index (χ0n) is 19.7.